The third-order valence-corrected chi connectivity index (χ3v) is 3.56. The first-order valence-electron chi connectivity index (χ1n) is 9.01. The van der Waals surface area contributed by atoms with E-state index < -0.39 is 0 Å². The van der Waals surface area contributed by atoms with Crippen LogP contribution in [0.25, 0.3) is 0 Å². The molecule has 0 heterocycles. The maximum atomic E-state index is 11.5. The molecule has 0 aliphatic rings. The molecule has 0 aromatic heterocycles. The fourth-order valence-corrected chi connectivity index (χ4v) is 2.73. The molecule has 0 fully saturated rings. The summed E-state index contributed by atoms with van der Waals surface area (Å²) in [6.45, 7) is 11.3. The van der Waals surface area contributed by atoms with Crippen LogP contribution in [-0.4, -0.2) is 96.0 Å². The Bertz CT molecular complexity index is 482. The number of nitrogens with zero attached hydrogens (tertiary/aromatic N) is 3. The van der Waals surface area contributed by atoms with Crippen molar-refractivity contribution < 1.29 is 56.7 Å². The molecule has 157 valence electrons. The first-order chi connectivity index (χ1) is 12.5. The molecule has 0 amide bonds. The summed E-state index contributed by atoms with van der Waals surface area (Å²) in [5.74, 6) is -0.260. The Balaban J connectivity index is 0. The van der Waals surface area contributed by atoms with Crippen LogP contribution in [0, 0.1) is 6.54 Å². The van der Waals surface area contributed by atoms with Crippen molar-refractivity contribution in [2.75, 3.05) is 52.4 Å². The molecule has 0 bridgehead atoms. The van der Waals surface area contributed by atoms with Crippen molar-refractivity contribution in [3.8, 4) is 0 Å². The molecular formula is C19H32N3O5Y-. The molecule has 0 rings (SSSR count). The summed E-state index contributed by atoms with van der Waals surface area (Å²) in [7, 11) is 0. The summed E-state index contributed by atoms with van der Waals surface area (Å²) in [6, 6.07) is 0. The van der Waals surface area contributed by atoms with Crippen molar-refractivity contribution in [2.24, 2.45) is 0 Å². The summed E-state index contributed by atoms with van der Waals surface area (Å²) < 4.78 is 0. The third-order valence-electron chi connectivity index (χ3n) is 3.56. The van der Waals surface area contributed by atoms with E-state index in [1.54, 1.807) is 14.7 Å². The molecular weight excluding hydrogens is 439 g/mol. The first-order valence-corrected chi connectivity index (χ1v) is 9.01. The number of carbonyl (C=O) groups excluding carboxylic acids is 5. The second kappa shape index (κ2) is 16.1. The zero-order chi connectivity index (χ0) is 21.0. The van der Waals surface area contributed by atoms with Gasteiger partial charge in [0.15, 0.2) is 0 Å². The second-order valence-electron chi connectivity index (χ2n) is 7.01. The van der Waals surface area contributed by atoms with E-state index in [-0.39, 0.29) is 87.8 Å². The molecule has 9 heteroatoms. The molecule has 0 aliphatic carbocycles. The van der Waals surface area contributed by atoms with Gasteiger partial charge in [0.05, 0.1) is 26.2 Å². The molecule has 0 unspecified atom stereocenters. The Morgan fingerprint density at radius 1 is 0.571 bits per heavy atom. The van der Waals surface area contributed by atoms with Crippen molar-refractivity contribution >= 4 is 28.9 Å². The van der Waals surface area contributed by atoms with E-state index in [9.17, 15) is 24.0 Å². The minimum absolute atomic E-state index is 0. The normalized spacial score (nSPS) is 10.7. The summed E-state index contributed by atoms with van der Waals surface area (Å²) in [6.07, 6.45) is 0. The topological polar surface area (TPSA) is 95.1 Å². The number of hydrogen-bond acceptors (Lipinski definition) is 8. The van der Waals surface area contributed by atoms with Gasteiger partial charge in [0.25, 0.3) is 0 Å². The van der Waals surface area contributed by atoms with Gasteiger partial charge in [-0.3, -0.25) is 35.5 Å². The SMILES string of the molecule is CC(=O)[CH-]N(CCN(CC(C)=O)CC(C)=O)CCN(CC(C)=O)CC(C)=O.[Y]. The van der Waals surface area contributed by atoms with Crippen molar-refractivity contribution in [1.82, 2.24) is 14.7 Å². The van der Waals surface area contributed by atoms with Gasteiger partial charge >= 0.3 is 0 Å². The third kappa shape index (κ3) is 17.3. The zero-order valence-corrected chi connectivity index (χ0v) is 20.5. The smallest absolute Gasteiger partial charge is 0.143 e. The van der Waals surface area contributed by atoms with Crippen LogP contribution in [0.15, 0.2) is 0 Å². The Morgan fingerprint density at radius 2 is 0.857 bits per heavy atom. The number of Topliss-reactive ketones (excluding diaryl/α,β-unsaturated/α-hetero) is 5. The summed E-state index contributed by atoms with van der Waals surface area (Å²) in [4.78, 5) is 62.3. The Hall–Kier alpha value is -0.796. The molecule has 0 spiro atoms. The van der Waals surface area contributed by atoms with Crippen LogP contribution in [0.2, 0.25) is 0 Å². The maximum absolute atomic E-state index is 11.5. The first kappa shape index (κ1) is 29.4. The van der Waals surface area contributed by atoms with Crippen LogP contribution in [0.1, 0.15) is 34.6 Å². The maximum Gasteiger partial charge on any atom is 0.143 e. The van der Waals surface area contributed by atoms with Gasteiger partial charge < -0.3 is 9.69 Å². The van der Waals surface area contributed by atoms with Gasteiger partial charge in [0, 0.05) is 51.6 Å². The van der Waals surface area contributed by atoms with Gasteiger partial charge in [-0.15, -0.1) is 0 Å². The Labute approximate surface area is 193 Å². The quantitative estimate of drug-likeness (QED) is 0.291. The predicted molar refractivity (Wildman–Crippen MR) is 102 cm³/mol. The summed E-state index contributed by atoms with van der Waals surface area (Å²) >= 11 is 0. The Morgan fingerprint density at radius 3 is 1.07 bits per heavy atom. The van der Waals surface area contributed by atoms with Crippen molar-refractivity contribution in [1.29, 1.82) is 0 Å². The molecule has 28 heavy (non-hydrogen) atoms. The van der Waals surface area contributed by atoms with E-state index in [0.29, 0.717) is 26.2 Å². The molecule has 0 saturated carbocycles. The zero-order valence-electron chi connectivity index (χ0n) is 17.7. The summed E-state index contributed by atoms with van der Waals surface area (Å²) in [5, 5.41) is 0. The van der Waals surface area contributed by atoms with E-state index in [1.807, 2.05) is 0 Å². The molecule has 0 atom stereocenters. The van der Waals surface area contributed by atoms with Gasteiger partial charge in [0.2, 0.25) is 0 Å². The largest absolute Gasteiger partial charge is 0.432 e. The van der Waals surface area contributed by atoms with Crippen molar-refractivity contribution in [3.05, 3.63) is 6.54 Å². The number of rotatable bonds is 16. The number of hydrogen-bond donors (Lipinski definition) is 0. The minimum atomic E-state index is -0.121. The molecule has 0 aromatic carbocycles. The van der Waals surface area contributed by atoms with Gasteiger partial charge in [-0.1, -0.05) is 0 Å². The predicted octanol–water partition coefficient (Wildman–Crippen LogP) is -0.00331. The molecule has 8 nitrogen and oxygen atoms in total. The van der Waals surface area contributed by atoms with Crippen molar-refractivity contribution in [3.63, 3.8) is 0 Å². The molecule has 0 aromatic rings. The molecule has 0 aliphatic heterocycles. The standard InChI is InChI=1S/C19H32N3O5.Y/c1-15(23)10-20(6-8-21(11-16(2)24)12-17(3)25)7-9-22(13-18(4)26)14-19(5)27;/h10H,6-9,11-14H2,1-5H3;/q-1;. The molecule has 0 saturated heterocycles. The Kier molecular flexibility index (Phi) is 16.9. The van der Waals surface area contributed by atoms with Crippen LogP contribution in [0.4, 0.5) is 0 Å². The van der Waals surface area contributed by atoms with E-state index in [0.717, 1.165) is 0 Å². The van der Waals surface area contributed by atoms with Crippen LogP contribution < -0.4 is 0 Å². The van der Waals surface area contributed by atoms with Crippen molar-refractivity contribution in [2.45, 2.75) is 34.6 Å². The minimum Gasteiger partial charge on any atom is -0.432 e. The number of ketones is 5. The van der Waals surface area contributed by atoms with Crippen LogP contribution >= 0.6 is 0 Å². The van der Waals surface area contributed by atoms with Crippen LogP contribution in [0.3, 0.4) is 0 Å². The van der Waals surface area contributed by atoms with E-state index in [1.165, 1.54) is 41.2 Å². The monoisotopic (exact) mass is 471 g/mol. The van der Waals surface area contributed by atoms with Gasteiger partial charge in [-0.05, 0) is 47.7 Å². The number of carbonyl (C=O) groups is 5. The van der Waals surface area contributed by atoms with E-state index in [2.05, 4.69) is 0 Å². The fourth-order valence-electron chi connectivity index (χ4n) is 2.73. The van der Waals surface area contributed by atoms with E-state index >= 15 is 0 Å². The van der Waals surface area contributed by atoms with Crippen LogP contribution in [-0.2, 0) is 56.7 Å². The fraction of sp³-hybridized carbons (Fsp3) is 0.684. The van der Waals surface area contributed by atoms with Gasteiger partial charge in [-0.25, -0.2) is 0 Å². The van der Waals surface area contributed by atoms with Crippen LogP contribution in [0.5, 0.6) is 0 Å². The second-order valence-corrected chi connectivity index (χ2v) is 7.01. The van der Waals surface area contributed by atoms with Gasteiger partial charge in [-0.2, -0.15) is 0 Å². The van der Waals surface area contributed by atoms with E-state index in [4.69, 9.17) is 0 Å². The average Bonchev–Trinajstić information content (AvgIpc) is 2.46. The molecule has 1 radical (unpaired) electrons. The molecule has 0 N–H and O–H groups in total. The van der Waals surface area contributed by atoms with Gasteiger partial charge in [0.1, 0.15) is 23.1 Å². The summed E-state index contributed by atoms with van der Waals surface area (Å²) in [5.41, 5.74) is 0. The average molecular weight is 471 g/mol.